The van der Waals surface area contributed by atoms with Crippen LogP contribution in [0.5, 0.6) is 0 Å². The van der Waals surface area contributed by atoms with E-state index in [1.807, 2.05) is 19.1 Å². The topological polar surface area (TPSA) is 41.0 Å². The number of likely N-dealkylation sites (tertiary alicyclic amines) is 1. The Kier molecular flexibility index (Phi) is 3.72. The van der Waals surface area contributed by atoms with Crippen molar-refractivity contribution >= 4 is 5.82 Å². The largest absolute Gasteiger partial charge is 0.367 e. The molecule has 88 valence electrons. The Hall–Kier alpha value is -1.16. The Morgan fingerprint density at radius 1 is 1.44 bits per heavy atom. The highest BCUT2D eigenvalue weighted by Crippen LogP contribution is 2.16. The molecule has 1 aromatic rings. The highest BCUT2D eigenvalue weighted by atomic mass is 15.2. The van der Waals surface area contributed by atoms with E-state index in [0.717, 1.165) is 24.6 Å². The normalized spacial score (nSPS) is 21.2. The molecule has 4 nitrogen and oxygen atoms in total. The number of anilines is 1. The Bertz CT molecular complexity index is 322. The molecule has 1 aliphatic heterocycles. The molecule has 1 aromatic heterocycles. The molecule has 1 atom stereocenters. The minimum absolute atomic E-state index is 0.660. The first-order valence-electron chi connectivity index (χ1n) is 6.08. The SMILES string of the molecule is CCN1CCCC1CNc1ccc(C)nn1. The van der Waals surface area contributed by atoms with Gasteiger partial charge < -0.3 is 5.32 Å². The van der Waals surface area contributed by atoms with Gasteiger partial charge in [-0.05, 0) is 45.0 Å². The number of rotatable bonds is 4. The quantitative estimate of drug-likeness (QED) is 0.838. The van der Waals surface area contributed by atoms with Crippen molar-refractivity contribution in [3.05, 3.63) is 17.8 Å². The van der Waals surface area contributed by atoms with Crippen LogP contribution in [0.3, 0.4) is 0 Å². The van der Waals surface area contributed by atoms with Crippen LogP contribution in [-0.4, -0.2) is 40.8 Å². The molecule has 0 aromatic carbocycles. The minimum atomic E-state index is 0.660. The van der Waals surface area contributed by atoms with Gasteiger partial charge in [-0.15, -0.1) is 5.10 Å². The van der Waals surface area contributed by atoms with Gasteiger partial charge in [-0.3, -0.25) is 4.90 Å². The third-order valence-corrected chi connectivity index (χ3v) is 3.22. The molecule has 0 bridgehead atoms. The molecule has 1 fully saturated rings. The average Bonchev–Trinajstić information content (AvgIpc) is 2.76. The van der Waals surface area contributed by atoms with Crippen LogP contribution in [-0.2, 0) is 0 Å². The van der Waals surface area contributed by atoms with E-state index in [9.17, 15) is 0 Å². The van der Waals surface area contributed by atoms with Gasteiger partial charge in [0.05, 0.1) is 5.69 Å². The van der Waals surface area contributed by atoms with E-state index < -0.39 is 0 Å². The standard InChI is InChI=1S/C12H20N4/c1-3-16-8-4-5-11(16)9-13-12-7-6-10(2)14-15-12/h6-7,11H,3-5,8-9H2,1-2H3,(H,13,15). The predicted octanol–water partition coefficient (Wildman–Crippen LogP) is 1.68. The van der Waals surface area contributed by atoms with Crippen molar-refractivity contribution < 1.29 is 0 Å². The molecule has 1 unspecified atom stereocenters. The molecular formula is C12H20N4. The summed E-state index contributed by atoms with van der Waals surface area (Å²) < 4.78 is 0. The molecule has 2 rings (SSSR count). The van der Waals surface area contributed by atoms with Crippen LogP contribution in [0.2, 0.25) is 0 Å². The summed E-state index contributed by atoms with van der Waals surface area (Å²) >= 11 is 0. The lowest BCUT2D eigenvalue weighted by atomic mass is 10.2. The van der Waals surface area contributed by atoms with Crippen molar-refractivity contribution in [3.63, 3.8) is 0 Å². The number of likely N-dealkylation sites (N-methyl/N-ethyl adjacent to an activating group) is 1. The molecule has 0 amide bonds. The summed E-state index contributed by atoms with van der Waals surface area (Å²) in [5, 5.41) is 11.5. The van der Waals surface area contributed by atoms with Gasteiger partial charge in [-0.1, -0.05) is 6.92 Å². The van der Waals surface area contributed by atoms with E-state index in [-0.39, 0.29) is 0 Å². The third-order valence-electron chi connectivity index (χ3n) is 3.22. The van der Waals surface area contributed by atoms with E-state index in [1.165, 1.54) is 19.4 Å². The molecule has 0 spiro atoms. The summed E-state index contributed by atoms with van der Waals surface area (Å²) in [6.45, 7) is 7.54. The van der Waals surface area contributed by atoms with E-state index in [0.29, 0.717) is 6.04 Å². The maximum absolute atomic E-state index is 4.11. The molecule has 0 saturated carbocycles. The van der Waals surface area contributed by atoms with Gasteiger partial charge in [0.25, 0.3) is 0 Å². The van der Waals surface area contributed by atoms with Gasteiger partial charge in [-0.25, -0.2) is 0 Å². The zero-order valence-electron chi connectivity index (χ0n) is 10.1. The summed E-state index contributed by atoms with van der Waals surface area (Å²) in [6, 6.07) is 4.64. The number of aryl methyl sites for hydroxylation is 1. The number of nitrogens with zero attached hydrogens (tertiary/aromatic N) is 3. The molecule has 1 N–H and O–H groups in total. The van der Waals surface area contributed by atoms with Crippen LogP contribution in [0.25, 0.3) is 0 Å². The average molecular weight is 220 g/mol. The first-order chi connectivity index (χ1) is 7.79. The van der Waals surface area contributed by atoms with Gasteiger partial charge in [0, 0.05) is 12.6 Å². The second kappa shape index (κ2) is 5.25. The molecule has 4 heteroatoms. The molecule has 0 aliphatic carbocycles. The Morgan fingerprint density at radius 3 is 3.00 bits per heavy atom. The van der Waals surface area contributed by atoms with E-state index in [2.05, 4.69) is 27.3 Å². The second-order valence-electron chi connectivity index (χ2n) is 4.37. The maximum Gasteiger partial charge on any atom is 0.148 e. The van der Waals surface area contributed by atoms with Crippen LogP contribution in [0.4, 0.5) is 5.82 Å². The smallest absolute Gasteiger partial charge is 0.148 e. The molecule has 2 heterocycles. The Balaban J connectivity index is 1.85. The van der Waals surface area contributed by atoms with Gasteiger partial charge in [0.1, 0.15) is 5.82 Å². The van der Waals surface area contributed by atoms with Crippen molar-refractivity contribution in [2.75, 3.05) is 25.0 Å². The number of aromatic nitrogens is 2. The molecular weight excluding hydrogens is 200 g/mol. The number of nitrogens with one attached hydrogen (secondary N) is 1. The second-order valence-corrected chi connectivity index (χ2v) is 4.37. The fraction of sp³-hybridized carbons (Fsp3) is 0.667. The molecule has 1 saturated heterocycles. The van der Waals surface area contributed by atoms with Crippen LogP contribution in [0, 0.1) is 6.92 Å². The highest BCUT2D eigenvalue weighted by molar-refractivity contribution is 5.32. The highest BCUT2D eigenvalue weighted by Gasteiger charge is 2.22. The van der Waals surface area contributed by atoms with Crippen molar-refractivity contribution in [2.24, 2.45) is 0 Å². The third kappa shape index (κ3) is 2.70. The summed E-state index contributed by atoms with van der Waals surface area (Å²) in [6.07, 6.45) is 2.61. The molecule has 16 heavy (non-hydrogen) atoms. The zero-order chi connectivity index (χ0) is 11.4. The fourth-order valence-corrected chi connectivity index (χ4v) is 2.26. The van der Waals surface area contributed by atoms with Crippen molar-refractivity contribution in [2.45, 2.75) is 32.7 Å². The molecule has 0 radical (unpaired) electrons. The number of hydrogen-bond acceptors (Lipinski definition) is 4. The van der Waals surface area contributed by atoms with Crippen molar-refractivity contribution in [3.8, 4) is 0 Å². The van der Waals surface area contributed by atoms with E-state index in [4.69, 9.17) is 0 Å². The van der Waals surface area contributed by atoms with E-state index >= 15 is 0 Å². The van der Waals surface area contributed by atoms with Crippen LogP contribution in [0.15, 0.2) is 12.1 Å². The maximum atomic E-state index is 4.11. The van der Waals surface area contributed by atoms with Gasteiger partial charge in [0.15, 0.2) is 0 Å². The Labute approximate surface area is 97.1 Å². The van der Waals surface area contributed by atoms with Gasteiger partial charge in [0.2, 0.25) is 0 Å². The summed E-state index contributed by atoms with van der Waals surface area (Å²) in [5.74, 6) is 0.883. The monoisotopic (exact) mass is 220 g/mol. The first-order valence-corrected chi connectivity index (χ1v) is 6.08. The van der Waals surface area contributed by atoms with Gasteiger partial charge >= 0.3 is 0 Å². The van der Waals surface area contributed by atoms with Crippen LogP contribution < -0.4 is 5.32 Å². The lowest BCUT2D eigenvalue weighted by Gasteiger charge is -2.22. The minimum Gasteiger partial charge on any atom is -0.367 e. The van der Waals surface area contributed by atoms with Crippen molar-refractivity contribution in [1.82, 2.24) is 15.1 Å². The zero-order valence-corrected chi connectivity index (χ0v) is 10.1. The summed E-state index contributed by atoms with van der Waals surface area (Å²) in [5.41, 5.74) is 0.960. The predicted molar refractivity (Wildman–Crippen MR) is 65.5 cm³/mol. The summed E-state index contributed by atoms with van der Waals surface area (Å²) in [7, 11) is 0. The Morgan fingerprint density at radius 2 is 2.31 bits per heavy atom. The fourth-order valence-electron chi connectivity index (χ4n) is 2.26. The lowest BCUT2D eigenvalue weighted by Crippen LogP contribution is -2.34. The number of hydrogen-bond donors (Lipinski definition) is 1. The van der Waals surface area contributed by atoms with Crippen molar-refractivity contribution in [1.29, 1.82) is 0 Å². The lowest BCUT2D eigenvalue weighted by molar-refractivity contribution is 0.277. The summed E-state index contributed by atoms with van der Waals surface area (Å²) in [4.78, 5) is 2.52. The molecule has 1 aliphatic rings. The van der Waals surface area contributed by atoms with Crippen LogP contribution in [0.1, 0.15) is 25.5 Å². The van der Waals surface area contributed by atoms with Crippen LogP contribution >= 0.6 is 0 Å². The first kappa shape index (κ1) is 11.3. The van der Waals surface area contributed by atoms with E-state index in [1.54, 1.807) is 0 Å². The van der Waals surface area contributed by atoms with Gasteiger partial charge in [-0.2, -0.15) is 5.10 Å².